The molecule has 0 radical (unpaired) electrons. The first-order valence-corrected chi connectivity index (χ1v) is 8.44. The second-order valence-corrected chi connectivity index (χ2v) is 6.42. The molecule has 2 aliphatic heterocycles. The number of Topliss-reactive ketones (excluding diaryl/α,β-unsaturated/α-hetero) is 2. The van der Waals surface area contributed by atoms with E-state index in [1.54, 1.807) is 12.2 Å². The van der Waals surface area contributed by atoms with Gasteiger partial charge in [-0.25, -0.2) is 0 Å². The van der Waals surface area contributed by atoms with Gasteiger partial charge in [0, 0.05) is 12.1 Å². The molecule has 0 aromatic rings. The van der Waals surface area contributed by atoms with Crippen LogP contribution in [0.25, 0.3) is 0 Å². The molecular weight excluding hydrogens is 276 g/mol. The molecule has 2 N–H and O–H groups in total. The van der Waals surface area contributed by atoms with Gasteiger partial charge in [-0.2, -0.15) is 0 Å². The number of rotatable bonds is 9. The summed E-state index contributed by atoms with van der Waals surface area (Å²) in [5.74, 6) is 0.545. The predicted molar refractivity (Wildman–Crippen MR) is 88.7 cm³/mol. The molecule has 0 aromatic carbocycles. The summed E-state index contributed by atoms with van der Waals surface area (Å²) < 4.78 is 0. The highest BCUT2D eigenvalue weighted by Gasteiger charge is 2.32. The fraction of sp³-hybridized carbons (Fsp3) is 0.667. The van der Waals surface area contributed by atoms with Crippen molar-refractivity contribution in [3.05, 3.63) is 25.3 Å². The van der Waals surface area contributed by atoms with Crippen LogP contribution in [0.3, 0.4) is 0 Å². The number of carbonyl (C=O) groups is 2. The summed E-state index contributed by atoms with van der Waals surface area (Å²) >= 11 is 0. The number of hydrogen-bond donors (Lipinski definition) is 2. The molecular formula is C18H28N2O2. The summed E-state index contributed by atoms with van der Waals surface area (Å²) in [6, 6.07) is 0.563. The summed E-state index contributed by atoms with van der Waals surface area (Å²) in [4.78, 5) is 23.2. The molecule has 122 valence electrons. The monoisotopic (exact) mass is 304 g/mol. The molecule has 0 aromatic heterocycles. The SMILES string of the molecule is C=CC1C(=O)CNC1CCCCCCC1NCC(=O)C1C=C. The van der Waals surface area contributed by atoms with Crippen molar-refractivity contribution in [2.75, 3.05) is 13.1 Å². The highest BCUT2D eigenvalue weighted by atomic mass is 16.1. The smallest absolute Gasteiger partial charge is 0.154 e. The Balaban J connectivity index is 1.56. The van der Waals surface area contributed by atoms with Crippen LogP contribution >= 0.6 is 0 Å². The van der Waals surface area contributed by atoms with Gasteiger partial charge in [0.15, 0.2) is 11.6 Å². The Kier molecular flexibility index (Phi) is 6.52. The zero-order chi connectivity index (χ0) is 15.9. The van der Waals surface area contributed by atoms with Crippen LogP contribution < -0.4 is 10.6 Å². The molecule has 0 aliphatic carbocycles. The lowest BCUT2D eigenvalue weighted by molar-refractivity contribution is -0.119. The largest absolute Gasteiger partial charge is 0.306 e. The number of ketones is 2. The van der Waals surface area contributed by atoms with Crippen LogP contribution in [0, 0.1) is 11.8 Å². The predicted octanol–water partition coefficient (Wildman–Crippen LogP) is 2.01. The molecule has 0 spiro atoms. The first-order chi connectivity index (χ1) is 10.7. The Labute approximate surface area is 133 Å². The van der Waals surface area contributed by atoms with E-state index in [0.29, 0.717) is 13.1 Å². The standard InChI is InChI=1S/C18H28N2O2/c1-3-13-15(19-11-17(13)21)9-7-5-6-8-10-16-14(4-2)18(22)12-20-16/h3-4,13-16,19-20H,1-2,5-12H2. The van der Waals surface area contributed by atoms with E-state index in [2.05, 4.69) is 23.8 Å². The van der Waals surface area contributed by atoms with Crippen molar-refractivity contribution in [1.82, 2.24) is 10.6 Å². The normalized spacial score (nSPS) is 31.6. The van der Waals surface area contributed by atoms with Crippen molar-refractivity contribution in [3.63, 3.8) is 0 Å². The Bertz CT molecular complexity index is 393. The Hall–Kier alpha value is -1.26. The lowest BCUT2D eigenvalue weighted by Gasteiger charge is -2.16. The van der Waals surface area contributed by atoms with Gasteiger partial charge in [-0.1, -0.05) is 37.8 Å². The minimum absolute atomic E-state index is 0.00190. The van der Waals surface area contributed by atoms with Crippen LogP contribution in [0.2, 0.25) is 0 Å². The highest BCUT2D eigenvalue weighted by molar-refractivity contribution is 5.87. The molecule has 0 bridgehead atoms. The molecule has 4 atom stereocenters. The maximum absolute atomic E-state index is 11.6. The minimum atomic E-state index is 0.00190. The van der Waals surface area contributed by atoms with Gasteiger partial charge in [-0.3, -0.25) is 9.59 Å². The average Bonchev–Trinajstić information content (AvgIpc) is 3.05. The topological polar surface area (TPSA) is 58.2 Å². The molecule has 0 amide bonds. The molecule has 4 heteroatoms. The number of carbonyl (C=O) groups excluding carboxylic acids is 2. The molecule has 4 unspecified atom stereocenters. The summed E-state index contributed by atoms with van der Waals surface area (Å²) in [6.45, 7) is 8.51. The van der Waals surface area contributed by atoms with Gasteiger partial charge in [0.1, 0.15) is 0 Å². The van der Waals surface area contributed by atoms with Crippen molar-refractivity contribution in [2.45, 2.75) is 50.6 Å². The fourth-order valence-corrected chi connectivity index (χ4v) is 3.64. The zero-order valence-corrected chi connectivity index (χ0v) is 13.4. The fourth-order valence-electron chi connectivity index (χ4n) is 3.64. The van der Waals surface area contributed by atoms with E-state index in [-0.39, 0.29) is 35.5 Å². The lowest BCUT2D eigenvalue weighted by Crippen LogP contribution is -2.26. The van der Waals surface area contributed by atoms with Gasteiger partial charge in [-0.05, 0) is 12.8 Å². The van der Waals surface area contributed by atoms with E-state index in [4.69, 9.17) is 0 Å². The maximum Gasteiger partial charge on any atom is 0.154 e. The third-order valence-electron chi connectivity index (χ3n) is 4.98. The van der Waals surface area contributed by atoms with Crippen LogP contribution in [0.4, 0.5) is 0 Å². The number of unbranched alkanes of at least 4 members (excludes halogenated alkanes) is 3. The van der Waals surface area contributed by atoms with Crippen LogP contribution in [0.1, 0.15) is 38.5 Å². The average molecular weight is 304 g/mol. The third kappa shape index (κ3) is 4.14. The van der Waals surface area contributed by atoms with Crippen LogP contribution in [0.5, 0.6) is 0 Å². The molecule has 4 nitrogen and oxygen atoms in total. The van der Waals surface area contributed by atoms with Crippen LogP contribution in [-0.4, -0.2) is 36.7 Å². The molecule has 2 rings (SSSR count). The van der Waals surface area contributed by atoms with Gasteiger partial charge in [0.05, 0.1) is 24.9 Å². The van der Waals surface area contributed by atoms with Gasteiger partial charge in [0.25, 0.3) is 0 Å². The van der Waals surface area contributed by atoms with E-state index in [1.165, 1.54) is 12.8 Å². The van der Waals surface area contributed by atoms with Crippen molar-refractivity contribution in [2.24, 2.45) is 11.8 Å². The van der Waals surface area contributed by atoms with E-state index in [9.17, 15) is 9.59 Å². The molecule has 2 saturated heterocycles. The highest BCUT2D eigenvalue weighted by Crippen LogP contribution is 2.21. The summed E-state index contributed by atoms with van der Waals surface area (Å²) in [7, 11) is 0. The van der Waals surface area contributed by atoms with Gasteiger partial charge >= 0.3 is 0 Å². The van der Waals surface area contributed by atoms with Gasteiger partial charge in [0.2, 0.25) is 0 Å². The van der Waals surface area contributed by atoms with Gasteiger partial charge < -0.3 is 10.6 Å². The van der Waals surface area contributed by atoms with Crippen molar-refractivity contribution in [3.8, 4) is 0 Å². The number of nitrogens with one attached hydrogen (secondary N) is 2. The second kappa shape index (κ2) is 8.39. The second-order valence-electron chi connectivity index (χ2n) is 6.42. The molecule has 22 heavy (non-hydrogen) atoms. The molecule has 2 aliphatic rings. The van der Waals surface area contributed by atoms with Gasteiger partial charge in [-0.15, -0.1) is 13.2 Å². The van der Waals surface area contributed by atoms with Crippen molar-refractivity contribution < 1.29 is 9.59 Å². The van der Waals surface area contributed by atoms with Crippen molar-refractivity contribution >= 4 is 11.6 Å². The Morgan fingerprint density at radius 1 is 0.818 bits per heavy atom. The van der Waals surface area contributed by atoms with Crippen LogP contribution in [0.15, 0.2) is 25.3 Å². The quantitative estimate of drug-likeness (QED) is 0.505. The molecule has 2 heterocycles. The molecule has 0 saturated carbocycles. The first kappa shape index (κ1) is 17.1. The van der Waals surface area contributed by atoms with E-state index in [0.717, 1.165) is 25.7 Å². The lowest BCUT2D eigenvalue weighted by atomic mass is 9.93. The van der Waals surface area contributed by atoms with E-state index >= 15 is 0 Å². The van der Waals surface area contributed by atoms with E-state index < -0.39 is 0 Å². The van der Waals surface area contributed by atoms with Crippen LogP contribution in [-0.2, 0) is 9.59 Å². The minimum Gasteiger partial charge on any atom is -0.306 e. The Morgan fingerprint density at radius 2 is 1.23 bits per heavy atom. The first-order valence-electron chi connectivity index (χ1n) is 8.44. The summed E-state index contributed by atoms with van der Waals surface area (Å²) in [5, 5.41) is 6.56. The summed E-state index contributed by atoms with van der Waals surface area (Å²) in [5.41, 5.74) is 0. The van der Waals surface area contributed by atoms with Crippen molar-refractivity contribution in [1.29, 1.82) is 0 Å². The Morgan fingerprint density at radius 3 is 1.59 bits per heavy atom. The zero-order valence-electron chi connectivity index (χ0n) is 13.4. The third-order valence-corrected chi connectivity index (χ3v) is 4.98. The van der Waals surface area contributed by atoms with E-state index in [1.807, 2.05) is 0 Å². The summed E-state index contributed by atoms with van der Waals surface area (Å²) in [6.07, 6.45) is 10.3. The number of hydrogen-bond acceptors (Lipinski definition) is 4. The maximum atomic E-state index is 11.6. The molecule has 2 fully saturated rings.